The minimum atomic E-state index is -0.460. The second kappa shape index (κ2) is 10.6. The molecule has 186 valence electrons. The van der Waals surface area contributed by atoms with Gasteiger partial charge in [0.05, 0.1) is 28.0 Å². The standard InChI is InChI=1S/C29H19N3O5S/c30-16-21-6-1-2-7-22(21)17-31-28(33)27(38-29(31)34)15-25-24-8-4-3-5-20(24)11-14-26(25)37-18-19-9-12-23(13-10-19)32(35)36/h1-15H,17-18H2/b27-15+. The number of nitrogens with zero attached hydrogens (tertiary/aromatic N) is 3. The third-order valence-electron chi connectivity index (χ3n) is 6.09. The molecule has 0 saturated carbocycles. The number of non-ortho nitro benzene ring substituents is 1. The number of rotatable bonds is 7. The predicted molar refractivity (Wildman–Crippen MR) is 144 cm³/mol. The first kappa shape index (κ1) is 24.7. The van der Waals surface area contributed by atoms with E-state index in [-0.39, 0.29) is 23.7 Å². The Morgan fingerprint density at radius 2 is 1.71 bits per heavy atom. The number of ether oxygens (including phenoxy) is 1. The van der Waals surface area contributed by atoms with E-state index in [0.717, 1.165) is 33.0 Å². The third kappa shape index (κ3) is 4.98. The topological polar surface area (TPSA) is 114 Å². The number of benzene rings is 4. The molecule has 1 aliphatic heterocycles. The second-order valence-corrected chi connectivity index (χ2v) is 9.44. The van der Waals surface area contributed by atoms with Gasteiger partial charge in [-0.1, -0.05) is 48.5 Å². The van der Waals surface area contributed by atoms with Gasteiger partial charge in [0.15, 0.2) is 0 Å². The fraction of sp³-hybridized carbons (Fsp3) is 0.0690. The average Bonchev–Trinajstić information content (AvgIpc) is 3.20. The van der Waals surface area contributed by atoms with Gasteiger partial charge in [-0.25, -0.2) is 0 Å². The van der Waals surface area contributed by atoms with Gasteiger partial charge in [0, 0.05) is 17.7 Å². The minimum Gasteiger partial charge on any atom is -0.488 e. The van der Waals surface area contributed by atoms with Gasteiger partial charge in [-0.3, -0.25) is 24.6 Å². The van der Waals surface area contributed by atoms with E-state index in [1.54, 1.807) is 48.5 Å². The maximum absolute atomic E-state index is 13.3. The zero-order valence-corrected chi connectivity index (χ0v) is 20.7. The second-order valence-electron chi connectivity index (χ2n) is 8.45. The van der Waals surface area contributed by atoms with Gasteiger partial charge < -0.3 is 4.74 Å². The summed E-state index contributed by atoms with van der Waals surface area (Å²) in [6, 6.07) is 26.4. The van der Waals surface area contributed by atoms with Crippen LogP contribution in [-0.4, -0.2) is 21.0 Å². The molecule has 5 rings (SSSR count). The van der Waals surface area contributed by atoms with Crippen molar-refractivity contribution >= 4 is 45.4 Å². The number of hydrogen-bond acceptors (Lipinski definition) is 7. The molecule has 1 saturated heterocycles. The maximum Gasteiger partial charge on any atom is 0.293 e. The molecule has 4 aromatic carbocycles. The molecule has 1 aliphatic rings. The molecule has 0 spiro atoms. The number of nitro groups is 1. The highest BCUT2D eigenvalue weighted by atomic mass is 32.2. The molecule has 0 radical (unpaired) electrons. The maximum atomic E-state index is 13.3. The summed E-state index contributed by atoms with van der Waals surface area (Å²) in [4.78, 5) is 37.9. The molecule has 8 nitrogen and oxygen atoms in total. The van der Waals surface area contributed by atoms with Crippen LogP contribution in [0.2, 0.25) is 0 Å². The van der Waals surface area contributed by atoms with Crippen molar-refractivity contribution in [1.29, 1.82) is 5.26 Å². The summed E-state index contributed by atoms with van der Waals surface area (Å²) < 4.78 is 6.09. The highest BCUT2D eigenvalue weighted by molar-refractivity contribution is 8.18. The Kier molecular flexibility index (Phi) is 6.89. The van der Waals surface area contributed by atoms with Crippen LogP contribution in [0.25, 0.3) is 16.8 Å². The zero-order chi connectivity index (χ0) is 26.6. The van der Waals surface area contributed by atoms with Gasteiger partial charge in [-0.2, -0.15) is 5.26 Å². The summed E-state index contributed by atoms with van der Waals surface area (Å²) in [5.74, 6) is 0.0608. The van der Waals surface area contributed by atoms with Crippen molar-refractivity contribution in [2.24, 2.45) is 0 Å². The highest BCUT2D eigenvalue weighted by Crippen LogP contribution is 2.38. The van der Waals surface area contributed by atoms with Crippen molar-refractivity contribution < 1.29 is 19.2 Å². The summed E-state index contributed by atoms with van der Waals surface area (Å²) in [5, 5.41) is 21.7. The van der Waals surface area contributed by atoms with Gasteiger partial charge in [0.1, 0.15) is 12.4 Å². The van der Waals surface area contributed by atoms with E-state index >= 15 is 0 Å². The van der Waals surface area contributed by atoms with Crippen molar-refractivity contribution in [3.63, 3.8) is 0 Å². The molecule has 4 aromatic rings. The predicted octanol–water partition coefficient (Wildman–Crippen LogP) is 6.44. The Hall–Kier alpha value is -4.94. The van der Waals surface area contributed by atoms with Crippen LogP contribution in [0, 0.1) is 21.4 Å². The highest BCUT2D eigenvalue weighted by Gasteiger charge is 2.35. The molecule has 1 fully saturated rings. The van der Waals surface area contributed by atoms with E-state index < -0.39 is 16.1 Å². The molecule has 2 amide bonds. The summed E-state index contributed by atoms with van der Waals surface area (Å²) in [6.45, 7) is 0.161. The Labute approximate surface area is 221 Å². The van der Waals surface area contributed by atoms with Crippen LogP contribution in [0.3, 0.4) is 0 Å². The van der Waals surface area contributed by atoms with Crippen molar-refractivity contribution in [2.45, 2.75) is 13.2 Å². The van der Waals surface area contributed by atoms with Crippen LogP contribution in [0.5, 0.6) is 5.75 Å². The van der Waals surface area contributed by atoms with Crippen molar-refractivity contribution in [3.8, 4) is 11.8 Å². The van der Waals surface area contributed by atoms with Crippen LogP contribution in [-0.2, 0) is 17.9 Å². The Bertz CT molecular complexity index is 1660. The third-order valence-corrected chi connectivity index (χ3v) is 6.99. The number of fused-ring (bicyclic) bond motifs is 1. The first-order valence-electron chi connectivity index (χ1n) is 11.6. The Morgan fingerprint density at radius 3 is 2.47 bits per heavy atom. The van der Waals surface area contributed by atoms with Gasteiger partial charge in [-0.05, 0) is 64.0 Å². The quantitative estimate of drug-likeness (QED) is 0.156. The van der Waals surface area contributed by atoms with E-state index in [9.17, 15) is 25.0 Å². The van der Waals surface area contributed by atoms with Crippen LogP contribution < -0.4 is 4.74 Å². The van der Waals surface area contributed by atoms with E-state index in [2.05, 4.69) is 6.07 Å². The summed E-state index contributed by atoms with van der Waals surface area (Å²) in [5.41, 5.74) is 2.38. The summed E-state index contributed by atoms with van der Waals surface area (Å²) in [6.07, 6.45) is 1.66. The lowest BCUT2D eigenvalue weighted by atomic mass is 10.0. The van der Waals surface area contributed by atoms with Gasteiger partial charge >= 0.3 is 0 Å². The van der Waals surface area contributed by atoms with E-state index in [1.165, 1.54) is 12.1 Å². The SMILES string of the molecule is N#Cc1ccccc1CN1C(=O)S/C(=C/c2c(OCc3ccc([N+](=O)[O-])cc3)ccc3ccccc23)C1=O. The summed E-state index contributed by atoms with van der Waals surface area (Å²) >= 11 is 0.842. The molecule has 0 N–H and O–H groups in total. The Morgan fingerprint density at radius 1 is 0.974 bits per heavy atom. The number of carbonyl (C=O) groups is 2. The summed E-state index contributed by atoms with van der Waals surface area (Å²) in [7, 11) is 0. The molecule has 0 atom stereocenters. The first-order valence-corrected chi connectivity index (χ1v) is 12.4. The molecule has 9 heteroatoms. The average molecular weight is 522 g/mol. The van der Waals surface area contributed by atoms with E-state index in [1.807, 2.05) is 30.3 Å². The molecule has 1 heterocycles. The minimum absolute atomic E-state index is 0.00474. The lowest BCUT2D eigenvalue weighted by Gasteiger charge is -2.14. The van der Waals surface area contributed by atoms with Crippen LogP contribution >= 0.6 is 11.8 Å². The van der Waals surface area contributed by atoms with Crippen LogP contribution in [0.1, 0.15) is 22.3 Å². The van der Waals surface area contributed by atoms with Gasteiger partial charge in [0.25, 0.3) is 16.8 Å². The molecular formula is C29H19N3O5S. The number of carbonyl (C=O) groups excluding carboxylic acids is 2. The fourth-order valence-corrected chi connectivity index (χ4v) is 4.95. The number of imide groups is 1. The fourth-order valence-electron chi connectivity index (χ4n) is 4.13. The Balaban J connectivity index is 1.46. The van der Waals surface area contributed by atoms with Crippen molar-refractivity contribution in [1.82, 2.24) is 4.90 Å². The van der Waals surface area contributed by atoms with Gasteiger partial charge in [-0.15, -0.1) is 0 Å². The number of hydrogen-bond donors (Lipinski definition) is 0. The van der Waals surface area contributed by atoms with Crippen LogP contribution in [0.4, 0.5) is 10.5 Å². The van der Waals surface area contributed by atoms with E-state index in [4.69, 9.17) is 4.74 Å². The monoisotopic (exact) mass is 521 g/mol. The largest absolute Gasteiger partial charge is 0.488 e. The lowest BCUT2D eigenvalue weighted by Crippen LogP contribution is -2.27. The molecule has 0 aliphatic carbocycles. The van der Waals surface area contributed by atoms with Crippen molar-refractivity contribution in [3.05, 3.63) is 122 Å². The zero-order valence-electron chi connectivity index (χ0n) is 19.9. The smallest absolute Gasteiger partial charge is 0.293 e. The van der Waals surface area contributed by atoms with E-state index in [0.29, 0.717) is 22.4 Å². The normalized spacial score (nSPS) is 14.2. The molecule has 0 bridgehead atoms. The number of amides is 2. The van der Waals surface area contributed by atoms with Gasteiger partial charge in [0.2, 0.25) is 0 Å². The van der Waals surface area contributed by atoms with Crippen LogP contribution in [0.15, 0.2) is 89.8 Å². The molecule has 38 heavy (non-hydrogen) atoms. The number of thioether (sulfide) groups is 1. The van der Waals surface area contributed by atoms with Crippen molar-refractivity contribution in [2.75, 3.05) is 0 Å². The molecular weight excluding hydrogens is 502 g/mol. The first-order chi connectivity index (χ1) is 18.4. The lowest BCUT2D eigenvalue weighted by molar-refractivity contribution is -0.384. The number of nitriles is 1. The number of nitro benzene ring substituents is 1. The molecule has 0 aromatic heterocycles. The molecule has 0 unspecified atom stereocenters.